The quantitative estimate of drug-likeness (QED) is 0.806. The van der Waals surface area contributed by atoms with Gasteiger partial charge in [0.05, 0.1) is 11.6 Å². The van der Waals surface area contributed by atoms with Crippen molar-refractivity contribution in [1.29, 1.82) is 0 Å². The average Bonchev–Trinajstić information content (AvgIpc) is 2.29. The summed E-state index contributed by atoms with van der Waals surface area (Å²) in [7, 11) is 0. The first-order valence-electron chi connectivity index (χ1n) is 5.20. The lowest BCUT2D eigenvalue weighted by Gasteiger charge is -2.22. The normalized spacial score (nSPS) is 22.1. The van der Waals surface area contributed by atoms with E-state index in [0.717, 1.165) is 38.2 Å². The summed E-state index contributed by atoms with van der Waals surface area (Å²) in [5, 5.41) is 3.19. The van der Waals surface area contributed by atoms with Crippen molar-refractivity contribution in [2.75, 3.05) is 6.54 Å². The fraction of sp³-hybridized carbons (Fsp3) is 0.600. The Labute approximate surface area is 91.1 Å². The number of hydrogen-bond acceptors (Lipinski definition) is 3. The average molecular weight is 231 g/mol. The molecule has 88 valence electrons. The zero-order valence-electron chi connectivity index (χ0n) is 8.59. The minimum absolute atomic E-state index is 0.00367. The van der Waals surface area contributed by atoms with Gasteiger partial charge in [-0.1, -0.05) is 6.42 Å². The molecule has 0 radical (unpaired) electrons. The van der Waals surface area contributed by atoms with E-state index >= 15 is 0 Å². The molecule has 0 saturated carbocycles. The van der Waals surface area contributed by atoms with Crippen LogP contribution in [0.15, 0.2) is 12.4 Å². The second-order valence-corrected chi connectivity index (χ2v) is 3.83. The summed E-state index contributed by atoms with van der Waals surface area (Å²) in [5.41, 5.74) is -0.799. The summed E-state index contributed by atoms with van der Waals surface area (Å²) in [4.78, 5) is 7.55. The van der Waals surface area contributed by atoms with Crippen LogP contribution in [0.2, 0.25) is 0 Å². The Morgan fingerprint density at radius 3 is 2.38 bits per heavy atom. The zero-order valence-corrected chi connectivity index (χ0v) is 8.59. The fourth-order valence-corrected chi connectivity index (χ4v) is 1.74. The van der Waals surface area contributed by atoms with Crippen LogP contribution >= 0.6 is 0 Å². The lowest BCUT2D eigenvalue weighted by molar-refractivity contribution is -0.138. The predicted molar refractivity (Wildman–Crippen MR) is 51.6 cm³/mol. The zero-order chi connectivity index (χ0) is 11.6. The number of hydrogen-bond donors (Lipinski definition) is 1. The minimum atomic E-state index is -4.36. The number of nitrogens with zero attached hydrogens (tertiary/aromatic N) is 2. The first-order chi connectivity index (χ1) is 7.57. The van der Waals surface area contributed by atoms with Crippen LogP contribution in [-0.2, 0) is 6.18 Å². The maximum absolute atomic E-state index is 12.3. The van der Waals surface area contributed by atoms with Crippen molar-refractivity contribution >= 4 is 0 Å². The molecule has 1 atom stereocenters. The second-order valence-electron chi connectivity index (χ2n) is 3.83. The van der Waals surface area contributed by atoms with Crippen LogP contribution in [0, 0.1) is 0 Å². The van der Waals surface area contributed by atoms with Crippen LogP contribution in [0.3, 0.4) is 0 Å². The summed E-state index contributed by atoms with van der Waals surface area (Å²) < 4.78 is 36.8. The lowest BCUT2D eigenvalue weighted by atomic mass is 10.0. The number of piperidine rings is 1. The predicted octanol–water partition coefficient (Wildman–Crippen LogP) is 2.31. The summed E-state index contributed by atoms with van der Waals surface area (Å²) in [5.74, 6) is 0.452. The molecular weight excluding hydrogens is 219 g/mol. The van der Waals surface area contributed by atoms with Crippen molar-refractivity contribution in [2.24, 2.45) is 0 Å². The molecule has 6 heteroatoms. The third kappa shape index (κ3) is 2.49. The summed E-state index contributed by atoms with van der Waals surface area (Å²) in [6.45, 7) is 0.870. The van der Waals surface area contributed by atoms with E-state index in [1.165, 1.54) is 0 Å². The molecule has 3 nitrogen and oxygen atoms in total. The number of rotatable bonds is 1. The lowest BCUT2D eigenvalue weighted by Crippen LogP contribution is -2.28. The van der Waals surface area contributed by atoms with Gasteiger partial charge < -0.3 is 5.32 Å². The van der Waals surface area contributed by atoms with E-state index in [1.807, 2.05) is 0 Å². The molecule has 2 heterocycles. The Morgan fingerprint density at radius 2 is 1.88 bits per heavy atom. The molecule has 1 aromatic heterocycles. The molecule has 1 aliphatic rings. The maximum Gasteiger partial charge on any atom is 0.419 e. The molecule has 1 saturated heterocycles. The highest BCUT2D eigenvalue weighted by molar-refractivity contribution is 5.10. The van der Waals surface area contributed by atoms with Crippen molar-refractivity contribution in [2.45, 2.75) is 31.5 Å². The van der Waals surface area contributed by atoms with Gasteiger partial charge in [0, 0.05) is 12.4 Å². The molecular formula is C10H12F3N3. The van der Waals surface area contributed by atoms with Gasteiger partial charge in [-0.05, 0) is 19.4 Å². The first kappa shape index (κ1) is 11.3. The molecule has 0 bridgehead atoms. The van der Waals surface area contributed by atoms with Gasteiger partial charge in [-0.15, -0.1) is 0 Å². The summed E-state index contributed by atoms with van der Waals surface area (Å²) in [6.07, 6.45) is 0.361. The maximum atomic E-state index is 12.3. The van der Waals surface area contributed by atoms with E-state index in [0.29, 0.717) is 5.82 Å². The molecule has 1 fully saturated rings. The fourth-order valence-electron chi connectivity index (χ4n) is 1.74. The Morgan fingerprint density at radius 1 is 1.19 bits per heavy atom. The highest BCUT2D eigenvalue weighted by atomic mass is 19.4. The van der Waals surface area contributed by atoms with Gasteiger partial charge in [0.2, 0.25) is 0 Å². The SMILES string of the molecule is FC(F)(F)c1cnc(C2CCCCN2)nc1. The Hall–Kier alpha value is -1.17. The number of aromatic nitrogens is 2. The van der Waals surface area contributed by atoms with Crippen LogP contribution < -0.4 is 5.32 Å². The van der Waals surface area contributed by atoms with Crippen LogP contribution in [0.25, 0.3) is 0 Å². The standard InChI is InChI=1S/C10H12F3N3/c11-10(12,13)7-5-15-9(16-6-7)8-3-1-2-4-14-8/h5-6,8,14H,1-4H2. The van der Waals surface area contributed by atoms with E-state index < -0.39 is 11.7 Å². The van der Waals surface area contributed by atoms with Gasteiger partial charge in [0.15, 0.2) is 0 Å². The van der Waals surface area contributed by atoms with Crippen LogP contribution in [0.5, 0.6) is 0 Å². The van der Waals surface area contributed by atoms with Crippen molar-refractivity contribution in [1.82, 2.24) is 15.3 Å². The number of nitrogens with one attached hydrogen (secondary N) is 1. The molecule has 0 amide bonds. The highest BCUT2D eigenvalue weighted by Crippen LogP contribution is 2.28. The largest absolute Gasteiger partial charge is 0.419 e. The van der Waals surface area contributed by atoms with Gasteiger partial charge in [-0.25, -0.2) is 9.97 Å². The van der Waals surface area contributed by atoms with E-state index in [-0.39, 0.29) is 6.04 Å². The monoisotopic (exact) mass is 231 g/mol. The van der Waals surface area contributed by atoms with Gasteiger partial charge >= 0.3 is 6.18 Å². The third-order valence-electron chi connectivity index (χ3n) is 2.62. The van der Waals surface area contributed by atoms with Crippen LogP contribution in [0.4, 0.5) is 13.2 Å². The van der Waals surface area contributed by atoms with E-state index in [2.05, 4.69) is 15.3 Å². The Balaban J connectivity index is 2.12. The number of halogens is 3. The van der Waals surface area contributed by atoms with Crippen molar-refractivity contribution in [3.63, 3.8) is 0 Å². The summed E-state index contributed by atoms with van der Waals surface area (Å²) >= 11 is 0. The van der Waals surface area contributed by atoms with Gasteiger partial charge in [0.25, 0.3) is 0 Å². The van der Waals surface area contributed by atoms with Gasteiger partial charge in [0.1, 0.15) is 5.82 Å². The van der Waals surface area contributed by atoms with Crippen LogP contribution in [-0.4, -0.2) is 16.5 Å². The minimum Gasteiger partial charge on any atom is -0.307 e. The topological polar surface area (TPSA) is 37.8 Å². The third-order valence-corrected chi connectivity index (χ3v) is 2.62. The molecule has 16 heavy (non-hydrogen) atoms. The van der Waals surface area contributed by atoms with Gasteiger partial charge in [-0.3, -0.25) is 0 Å². The van der Waals surface area contributed by atoms with Gasteiger partial charge in [-0.2, -0.15) is 13.2 Å². The van der Waals surface area contributed by atoms with Crippen LogP contribution in [0.1, 0.15) is 36.7 Å². The second kappa shape index (κ2) is 4.37. The molecule has 1 aromatic rings. The molecule has 0 aliphatic carbocycles. The van der Waals surface area contributed by atoms with E-state index in [9.17, 15) is 13.2 Å². The molecule has 1 unspecified atom stereocenters. The first-order valence-corrected chi connectivity index (χ1v) is 5.20. The molecule has 2 rings (SSSR count). The smallest absolute Gasteiger partial charge is 0.307 e. The molecule has 1 N–H and O–H groups in total. The Kier molecular flexibility index (Phi) is 3.09. The van der Waals surface area contributed by atoms with E-state index in [4.69, 9.17) is 0 Å². The Bertz CT molecular complexity index is 341. The number of alkyl halides is 3. The highest BCUT2D eigenvalue weighted by Gasteiger charge is 2.31. The molecule has 0 spiro atoms. The van der Waals surface area contributed by atoms with Crippen molar-refractivity contribution in [3.8, 4) is 0 Å². The van der Waals surface area contributed by atoms with Crippen molar-refractivity contribution in [3.05, 3.63) is 23.8 Å². The molecule has 0 aromatic carbocycles. The molecule has 1 aliphatic heterocycles. The van der Waals surface area contributed by atoms with E-state index in [1.54, 1.807) is 0 Å². The van der Waals surface area contributed by atoms with Crippen molar-refractivity contribution < 1.29 is 13.2 Å². The summed E-state index contributed by atoms with van der Waals surface area (Å²) in [6, 6.07) is -0.00367.